The van der Waals surface area contributed by atoms with Crippen LogP contribution >= 0.6 is 0 Å². The Bertz CT molecular complexity index is 225. The normalized spacial score (nSPS) is 39.0. The molecule has 0 spiro atoms. The van der Waals surface area contributed by atoms with Gasteiger partial charge in [0.25, 0.3) is 0 Å². The summed E-state index contributed by atoms with van der Waals surface area (Å²) in [6.45, 7) is 13.8. The minimum absolute atomic E-state index is 0.0243. The second-order valence-electron chi connectivity index (χ2n) is 6.45. The van der Waals surface area contributed by atoms with Crippen LogP contribution in [0.2, 0.25) is 0 Å². The van der Waals surface area contributed by atoms with Gasteiger partial charge in [0.05, 0.1) is 6.10 Å². The SMILES string of the molecule is COC1OC(CC(C)C)C(C(C)C)C(C)C1C. The largest absolute Gasteiger partial charge is 0.356 e. The Kier molecular flexibility index (Phi) is 5.46. The van der Waals surface area contributed by atoms with E-state index in [1.54, 1.807) is 7.11 Å². The molecule has 1 heterocycles. The molecule has 0 N–H and O–H groups in total. The van der Waals surface area contributed by atoms with E-state index in [-0.39, 0.29) is 6.29 Å². The lowest BCUT2D eigenvalue weighted by atomic mass is 9.71. The summed E-state index contributed by atoms with van der Waals surface area (Å²) < 4.78 is 11.7. The van der Waals surface area contributed by atoms with Crippen LogP contribution in [0.25, 0.3) is 0 Å². The molecule has 0 radical (unpaired) electrons. The molecule has 5 unspecified atom stereocenters. The van der Waals surface area contributed by atoms with Crippen molar-refractivity contribution in [1.82, 2.24) is 0 Å². The van der Waals surface area contributed by atoms with Crippen molar-refractivity contribution in [3.63, 3.8) is 0 Å². The molecule has 1 aliphatic rings. The first kappa shape index (κ1) is 15.0. The van der Waals surface area contributed by atoms with Crippen LogP contribution in [-0.2, 0) is 9.47 Å². The number of hydrogen-bond acceptors (Lipinski definition) is 2. The van der Waals surface area contributed by atoms with Crippen LogP contribution in [0.3, 0.4) is 0 Å². The van der Waals surface area contributed by atoms with Crippen molar-refractivity contribution in [2.75, 3.05) is 7.11 Å². The lowest BCUT2D eigenvalue weighted by Gasteiger charge is -2.46. The fourth-order valence-electron chi connectivity index (χ4n) is 3.31. The molecule has 17 heavy (non-hydrogen) atoms. The van der Waals surface area contributed by atoms with Crippen LogP contribution in [0.15, 0.2) is 0 Å². The smallest absolute Gasteiger partial charge is 0.160 e. The third kappa shape index (κ3) is 3.45. The van der Waals surface area contributed by atoms with Crippen LogP contribution in [0.1, 0.15) is 48.0 Å². The van der Waals surface area contributed by atoms with E-state index in [9.17, 15) is 0 Å². The van der Waals surface area contributed by atoms with E-state index in [2.05, 4.69) is 41.5 Å². The Morgan fingerprint density at radius 2 is 1.65 bits per heavy atom. The Morgan fingerprint density at radius 3 is 2.06 bits per heavy atom. The van der Waals surface area contributed by atoms with E-state index in [0.717, 1.165) is 6.42 Å². The lowest BCUT2D eigenvalue weighted by molar-refractivity contribution is -0.248. The van der Waals surface area contributed by atoms with Gasteiger partial charge in [0.1, 0.15) is 0 Å². The highest BCUT2D eigenvalue weighted by Gasteiger charge is 2.42. The molecular formula is C15H30O2. The van der Waals surface area contributed by atoms with Gasteiger partial charge in [0.2, 0.25) is 0 Å². The Morgan fingerprint density at radius 1 is 1.06 bits per heavy atom. The third-order valence-corrected chi connectivity index (χ3v) is 4.31. The average Bonchev–Trinajstić information content (AvgIpc) is 2.21. The van der Waals surface area contributed by atoms with Crippen molar-refractivity contribution in [3.05, 3.63) is 0 Å². The second-order valence-corrected chi connectivity index (χ2v) is 6.45. The molecule has 102 valence electrons. The summed E-state index contributed by atoms with van der Waals surface area (Å²) in [5, 5.41) is 0. The van der Waals surface area contributed by atoms with Gasteiger partial charge >= 0.3 is 0 Å². The van der Waals surface area contributed by atoms with Gasteiger partial charge in [-0.2, -0.15) is 0 Å². The quantitative estimate of drug-likeness (QED) is 0.743. The van der Waals surface area contributed by atoms with E-state index in [1.165, 1.54) is 0 Å². The standard InChI is InChI=1S/C15H30O2/c1-9(2)8-13-14(10(3)4)11(5)12(6)15(16-7)17-13/h9-15H,8H2,1-7H3. The van der Waals surface area contributed by atoms with E-state index >= 15 is 0 Å². The molecule has 0 saturated carbocycles. The molecule has 0 aromatic rings. The molecule has 0 aromatic heterocycles. The Labute approximate surface area is 107 Å². The molecule has 1 rings (SSSR count). The third-order valence-electron chi connectivity index (χ3n) is 4.31. The number of rotatable bonds is 4. The molecule has 1 saturated heterocycles. The highest BCUT2D eigenvalue weighted by Crippen LogP contribution is 2.41. The van der Waals surface area contributed by atoms with Crippen LogP contribution in [0.4, 0.5) is 0 Å². The summed E-state index contributed by atoms with van der Waals surface area (Å²) >= 11 is 0. The van der Waals surface area contributed by atoms with Gasteiger partial charge in [-0.1, -0.05) is 41.5 Å². The molecule has 0 amide bonds. The lowest BCUT2D eigenvalue weighted by Crippen LogP contribution is -2.48. The Balaban J connectivity index is 2.83. The van der Waals surface area contributed by atoms with Crippen molar-refractivity contribution >= 4 is 0 Å². The van der Waals surface area contributed by atoms with Gasteiger partial charge in [0, 0.05) is 13.0 Å². The molecule has 0 aromatic carbocycles. The molecule has 2 heteroatoms. The minimum atomic E-state index is -0.0243. The second kappa shape index (κ2) is 6.19. The van der Waals surface area contributed by atoms with Crippen molar-refractivity contribution in [3.8, 4) is 0 Å². The molecule has 1 aliphatic heterocycles. The van der Waals surface area contributed by atoms with Crippen LogP contribution < -0.4 is 0 Å². The Hall–Kier alpha value is -0.0800. The molecule has 0 aliphatic carbocycles. The highest BCUT2D eigenvalue weighted by atomic mass is 16.7. The van der Waals surface area contributed by atoms with Gasteiger partial charge in [0.15, 0.2) is 6.29 Å². The summed E-state index contributed by atoms with van der Waals surface area (Å²) in [6.07, 6.45) is 1.47. The van der Waals surface area contributed by atoms with Crippen molar-refractivity contribution in [2.24, 2.45) is 29.6 Å². The first-order valence-electron chi connectivity index (χ1n) is 7.06. The maximum atomic E-state index is 6.18. The monoisotopic (exact) mass is 242 g/mol. The number of ether oxygens (including phenoxy) is 2. The van der Waals surface area contributed by atoms with Crippen molar-refractivity contribution < 1.29 is 9.47 Å². The summed E-state index contributed by atoms with van der Waals surface area (Å²) in [7, 11) is 1.76. The van der Waals surface area contributed by atoms with E-state index in [0.29, 0.717) is 35.7 Å². The number of methoxy groups -OCH3 is 1. The van der Waals surface area contributed by atoms with Crippen molar-refractivity contribution in [1.29, 1.82) is 0 Å². The molecule has 2 nitrogen and oxygen atoms in total. The zero-order valence-corrected chi connectivity index (χ0v) is 12.6. The first-order valence-corrected chi connectivity index (χ1v) is 7.06. The van der Waals surface area contributed by atoms with Crippen LogP contribution in [0, 0.1) is 29.6 Å². The molecule has 0 bridgehead atoms. The van der Waals surface area contributed by atoms with E-state index in [4.69, 9.17) is 9.47 Å². The van der Waals surface area contributed by atoms with E-state index < -0.39 is 0 Å². The highest BCUT2D eigenvalue weighted by molar-refractivity contribution is 4.87. The zero-order chi connectivity index (χ0) is 13.2. The number of hydrogen-bond donors (Lipinski definition) is 0. The summed E-state index contributed by atoms with van der Waals surface area (Å²) in [5.74, 6) is 3.15. The maximum Gasteiger partial charge on any atom is 0.160 e. The molecule has 5 atom stereocenters. The maximum absolute atomic E-state index is 6.18. The first-order chi connectivity index (χ1) is 7.88. The van der Waals surface area contributed by atoms with Gasteiger partial charge in [-0.3, -0.25) is 0 Å². The molecule has 1 fully saturated rings. The molecular weight excluding hydrogens is 212 g/mol. The predicted octanol–water partition coefficient (Wildman–Crippen LogP) is 3.95. The summed E-state index contributed by atoms with van der Waals surface area (Å²) in [5.41, 5.74) is 0. The van der Waals surface area contributed by atoms with Gasteiger partial charge in [-0.25, -0.2) is 0 Å². The van der Waals surface area contributed by atoms with Gasteiger partial charge in [-0.05, 0) is 30.1 Å². The van der Waals surface area contributed by atoms with Gasteiger partial charge in [-0.15, -0.1) is 0 Å². The average molecular weight is 242 g/mol. The van der Waals surface area contributed by atoms with Crippen LogP contribution in [-0.4, -0.2) is 19.5 Å². The fraction of sp³-hybridized carbons (Fsp3) is 1.00. The van der Waals surface area contributed by atoms with Crippen LogP contribution in [0.5, 0.6) is 0 Å². The predicted molar refractivity (Wildman–Crippen MR) is 71.8 cm³/mol. The minimum Gasteiger partial charge on any atom is -0.356 e. The van der Waals surface area contributed by atoms with Gasteiger partial charge < -0.3 is 9.47 Å². The van der Waals surface area contributed by atoms with E-state index in [1.807, 2.05) is 0 Å². The summed E-state index contributed by atoms with van der Waals surface area (Å²) in [6, 6.07) is 0. The van der Waals surface area contributed by atoms with Crippen molar-refractivity contribution in [2.45, 2.75) is 60.4 Å². The topological polar surface area (TPSA) is 18.5 Å². The fourth-order valence-corrected chi connectivity index (χ4v) is 3.31. The summed E-state index contributed by atoms with van der Waals surface area (Å²) in [4.78, 5) is 0. The zero-order valence-electron chi connectivity index (χ0n) is 12.6.